The zero-order valence-corrected chi connectivity index (χ0v) is 13.2. The van der Waals surface area contributed by atoms with Crippen LogP contribution in [0, 0.1) is 0 Å². The molecule has 0 atom stereocenters. The number of hydrogen-bond donors (Lipinski definition) is 1. The second-order valence-corrected chi connectivity index (χ2v) is 5.73. The number of hydrogen-bond acceptors (Lipinski definition) is 2. The minimum Gasteiger partial charge on any atom is -0.393 e. The van der Waals surface area contributed by atoms with E-state index in [0.29, 0.717) is 22.3 Å². The minimum atomic E-state index is -0.250. The van der Waals surface area contributed by atoms with Crippen LogP contribution in [0.25, 0.3) is 5.69 Å². The highest BCUT2D eigenvalue weighted by Crippen LogP contribution is 2.27. The second-order valence-electron chi connectivity index (χ2n) is 4.88. The normalized spacial score (nSPS) is 11.3. The van der Waals surface area contributed by atoms with Gasteiger partial charge in [0.25, 0.3) is 5.56 Å². The highest BCUT2D eigenvalue weighted by Gasteiger charge is 2.21. The topological polar surface area (TPSA) is 52.9 Å². The molecule has 0 amide bonds. The molecule has 108 valence electrons. The number of benzene rings is 1. The van der Waals surface area contributed by atoms with Crippen LogP contribution in [0.5, 0.6) is 0 Å². The van der Waals surface area contributed by atoms with Crippen molar-refractivity contribution in [3.63, 3.8) is 0 Å². The molecule has 4 nitrogen and oxygen atoms in total. The van der Waals surface area contributed by atoms with Crippen LogP contribution in [0.4, 0.5) is 5.69 Å². The lowest BCUT2D eigenvalue weighted by atomic mass is 10.1. The van der Waals surface area contributed by atoms with E-state index in [9.17, 15) is 4.79 Å². The average molecular weight is 314 g/mol. The van der Waals surface area contributed by atoms with Gasteiger partial charge >= 0.3 is 0 Å². The van der Waals surface area contributed by atoms with E-state index >= 15 is 0 Å². The van der Waals surface area contributed by atoms with E-state index in [1.165, 1.54) is 4.68 Å². The summed E-state index contributed by atoms with van der Waals surface area (Å²) in [5.41, 5.74) is 7.40. The first-order valence-corrected chi connectivity index (χ1v) is 7.20. The quantitative estimate of drug-likeness (QED) is 0.940. The van der Waals surface area contributed by atoms with Gasteiger partial charge in [-0.25, -0.2) is 4.68 Å². The van der Waals surface area contributed by atoms with Crippen molar-refractivity contribution in [2.45, 2.75) is 33.2 Å². The molecule has 6 heteroatoms. The summed E-state index contributed by atoms with van der Waals surface area (Å²) in [6, 6.07) is 5.04. The Morgan fingerprint density at radius 1 is 1.30 bits per heavy atom. The summed E-state index contributed by atoms with van der Waals surface area (Å²) in [5, 5.41) is 0.945. The molecule has 0 aliphatic carbocycles. The monoisotopic (exact) mass is 313 g/mol. The maximum Gasteiger partial charge on any atom is 0.294 e. The third-order valence-electron chi connectivity index (χ3n) is 3.20. The highest BCUT2D eigenvalue weighted by atomic mass is 35.5. The molecule has 20 heavy (non-hydrogen) atoms. The van der Waals surface area contributed by atoms with E-state index < -0.39 is 0 Å². The van der Waals surface area contributed by atoms with Crippen LogP contribution in [-0.4, -0.2) is 9.36 Å². The lowest BCUT2D eigenvalue weighted by molar-refractivity contribution is 0.534. The Morgan fingerprint density at radius 3 is 2.45 bits per heavy atom. The predicted molar refractivity (Wildman–Crippen MR) is 84.2 cm³/mol. The molecular formula is C14H17Cl2N3O. The Balaban J connectivity index is 2.81. The molecule has 0 saturated carbocycles. The summed E-state index contributed by atoms with van der Waals surface area (Å²) in [4.78, 5) is 12.4. The fourth-order valence-corrected chi connectivity index (χ4v) is 2.88. The molecule has 0 aliphatic rings. The fourth-order valence-electron chi connectivity index (χ4n) is 2.39. The number of nitrogens with zero attached hydrogens (tertiary/aromatic N) is 2. The SMILES string of the molecule is CCn1c(C(C)C)c(N)c(=O)n1-c1ccc(Cl)cc1Cl. The number of nitrogen functional groups attached to an aromatic ring is 1. The summed E-state index contributed by atoms with van der Waals surface area (Å²) < 4.78 is 3.38. The summed E-state index contributed by atoms with van der Waals surface area (Å²) in [7, 11) is 0. The van der Waals surface area contributed by atoms with E-state index in [2.05, 4.69) is 0 Å². The molecule has 2 rings (SSSR count). The number of anilines is 1. The van der Waals surface area contributed by atoms with Crippen molar-refractivity contribution in [1.82, 2.24) is 9.36 Å². The zero-order valence-electron chi connectivity index (χ0n) is 11.7. The summed E-state index contributed by atoms with van der Waals surface area (Å²) in [5.74, 6) is 0.148. The Morgan fingerprint density at radius 2 is 1.95 bits per heavy atom. The van der Waals surface area contributed by atoms with Crippen LogP contribution < -0.4 is 11.3 Å². The van der Waals surface area contributed by atoms with Gasteiger partial charge in [-0.1, -0.05) is 37.0 Å². The van der Waals surface area contributed by atoms with Gasteiger partial charge in [0.2, 0.25) is 0 Å². The first-order valence-electron chi connectivity index (χ1n) is 6.45. The minimum absolute atomic E-state index is 0.148. The van der Waals surface area contributed by atoms with Crippen LogP contribution in [0.3, 0.4) is 0 Å². The van der Waals surface area contributed by atoms with Gasteiger partial charge in [0, 0.05) is 11.6 Å². The maximum atomic E-state index is 12.4. The van der Waals surface area contributed by atoms with Crippen molar-refractivity contribution in [2.24, 2.45) is 0 Å². The van der Waals surface area contributed by atoms with E-state index in [-0.39, 0.29) is 17.2 Å². The number of halogens is 2. The van der Waals surface area contributed by atoms with E-state index in [1.54, 1.807) is 18.2 Å². The first kappa shape index (κ1) is 15.0. The number of nitrogens with two attached hydrogens (primary N) is 1. The van der Waals surface area contributed by atoms with Gasteiger partial charge in [-0.15, -0.1) is 0 Å². The van der Waals surface area contributed by atoms with Crippen LogP contribution in [0.15, 0.2) is 23.0 Å². The molecule has 0 fully saturated rings. The molecule has 1 aromatic carbocycles. The first-order chi connectivity index (χ1) is 9.38. The molecular weight excluding hydrogens is 297 g/mol. The standard InChI is InChI=1S/C14H17Cl2N3O/c1-4-18-13(8(2)3)12(17)14(20)19(18)11-6-5-9(15)7-10(11)16/h5-8H,4,17H2,1-3H3. The third-order valence-corrected chi connectivity index (χ3v) is 3.74. The van der Waals surface area contributed by atoms with E-state index in [4.69, 9.17) is 28.9 Å². The molecule has 0 saturated heterocycles. The number of rotatable bonds is 3. The Labute approximate surface area is 127 Å². The van der Waals surface area contributed by atoms with Crippen LogP contribution in [0.1, 0.15) is 32.4 Å². The molecule has 2 N–H and O–H groups in total. The van der Waals surface area contributed by atoms with Gasteiger partial charge in [-0.05, 0) is 31.0 Å². The molecule has 0 spiro atoms. The van der Waals surface area contributed by atoms with Crippen LogP contribution >= 0.6 is 23.2 Å². The van der Waals surface area contributed by atoms with Gasteiger partial charge in [0.1, 0.15) is 5.69 Å². The zero-order chi connectivity index (χ0) is 15.0. The number of aromatic nitrogens is 2. The Bertz CT molecular complexity index is 701. The molecule has 0 aliphatic heterocycles. The van der Waals surface area contributed by atoms with Crippen molar-refractivity contribution >= 4 is 28.9 Å². The van der Waals surface area contributed by atoms with Gasteiger partial charge in [0.05, 0.1) is 16.4 Å². The predicted octanol–water partition coefficient (Wildman–Crippen LogP) is 3.67. The van der Waals surface area contributed by atoms with Crippen molar-refractivity contribution in [3.8, 4) is 5.69 Å². The Kier molecular flexibility index (Phi) is 4.16. The molecule has 1 heterocycles. The van der Waals surface area contributed by atoms with E-state index in [0.717, 1.165) is 5.69 Å². The van der Waals surface area contributed by atoms with E-state index in [1.807, 2.05) is 25.5 Å². The van der Waals surface area contributed by atoms with Crippen molar-refractivity contribution in [3.05, 3.63) is 44.3 Å². The van der Waals surface area contributed by atoms with Crippen LogP contribution in [-0.2, 0) is 6.54 Å². The molecule has 0 bridgehead atoms. The summed E-state index contributed by atoms with van der Waals surface area (Å²) in [6.07, 6.45) is 0. The maximum absolute atomic E-state index is 12.4. The fraction of sp³-hybridized carbons (Fsp3) is 0.357. The second kappa shape index (κ2) is 5.54. The van der Waals surface area contributed by atoms with Gasteiger partial charge in [0.15, 0.2) is 0 Å². The largest absolute Gasteiger partial charge is 0.393 e. The molecule has 0 unspecified atom stereocenters. The molecule has 2 aromatic rings. The summed E-state index contributed by atoms with van der Waals surface area (Å²) >= 11 is 12.1. The Hall–Kier alpha value is -1.39. The average Bonchev–Trinajstić information content (AvgIpc) is 2.62. The third kappa shape index (κ3) is 2.34. The smallest absolute Gasteiger partial charge is 0.294 e. The van der Waals surface area contributed by atoms with Crippen molar-refractivity contribution in [1.29, 1.82) is 0 Å². The van der Waals surface area contributed by atoms with Gasteiger partial charge < -0.3 is 5.73 Å². The molecule has 0 radical (unpaired) electrons. The van der Waals surface area contributed by atoms with Crippen molar-refractivity contribution in [2.75, 3.05) is 5.73 Å². The summed E-state index contributed by atoms with van der Waals surface area (Å²) in [6.45, 7) is 6.60. The lowest BCUT2D eigenvalue weighted by Crippen LogP contribution is -2.22. The van der Waals surface area contributed by atoms with Crippen LogP contribution in [0.2, 0.25) is 10.0 Å². The van der Waals surface area contributed by atoms with Gasteiger partial charge in [-0.2, -0.15) is 0 Å². The highest BCUT2D eigenvalue weighted by molar-refractivity contribution is 6.35. The van der Waals surface area contributed by atoms with Gasteiger partial charge in [-0.3, -0.25) is 9.48 Å². The molecule has 1 aromatic heterocycles. The van der Waals surface area contributed by atoms with Crippen molar-refractivity contribution < 1.29 is 0 Å². The lowest BCUT2D eigenvalue weighted by Gasteiger charge is -2.15.